The number of nitrogens with zero attached hydrogens (tertiary/aromatic N) is 1. The zero-order valence-corrected chi connectivity index (χ0v) is 18.6. The van der Waals surface area contributed by atoms with Gasteiger partial charge in [0.05, 0.1) is 30.3 Å². The van der Waals surface area contributed by atoms with Crippen molar-refractivity contribution in [3.8, 4) is 0 Å². The minimum Gasteiger partial charge on any atom is -0.399 e. The van der Waals surface area contributed by atoms with Crippen LogP contribution in [-0.2, 0) is 26.9 Å². The van der Waals surface area contributed by atoms with Gasteiger partial charge in [-0.25, -0.2) is 0 Å². The first kappa shape index (κ1) is 21.4. The van der Waals surface area contributed by atoms with E-state index in [9.17, 15) is 9.90 Å². The number of halogens is 1. The van der Waals surface area contributed by atoms with Gasteiger partial charge in [-0.15, -0.1) is 0 Å². The van der Waals surface area contributed by atoms with Crippen LogP contribution in [-0.4, -0.2) is 42.0 Å². The number of fused-ring (bicyclic) bond motifs is 1. The lowest BCUT2D eigenvalue weighted by Gasteiger charge is -2.32. The zero-order chi connectivity index (χ0) is 21.7. The molecule has 0 radical (unpaired) electrons. The average molecular weight is 428 g/mol. The number of hydrogen-bond donors (Lipinski definition) is 1. The van der Waals surface area contributed by atoms with Gasteiger partial charge in [0.1, 0.15) is 0 Å². The SMILES string of the molecule is CC1(C)OB(c2ccc3c(c2)CC(CO)N3C(=O)Cc2ccccc2Cl)OC1(C)C. The van der Waals surface area contributed by atoms with Crippen molar-refractivity contribution in [2.75, 3.05) is 11.5 Å². The monoisotopic (exact) mass is 427 g/mol. The van der Waals surface area contributed by atoms with Crippen LogP contribution in [0.25, 0.3) is 0 Å². The van der Waals surface area contributed by atoms with Crippen molar-refractivity contribution in [2.24, 2.45) is 0 Å². The fraction of sp³-hybridized carbons (Fsp3) is 0.435. The van der Waals surface area contributed by atoms with E-state index in [1.54, 1.807) is 11.0 Å². The minimum atomic E-state index is -0.458. The minimum absolute atomic E-state index is 0.0794. The van der Waals surface area contributed by atoms with E-state index < -0.39 is 18.3 Å². The molecule has 1 unspecified atom stereocenters. The number of anilines is 1. The second-order valence-electron chi connectivity index (χ2n) is 9.05. The molecular formula is C23H27BClNO4. The molecule has 0 saturated carbocycles. The van der Waals surface area contributed by atoms with Crippen LogP contribution in [0.1, 0.15) is 38.8 Å². The third-order valence-corrected chi connectivity index (χ3v) is 6.86. The van der Waals surface area contributed by atoms with Crippen molar-refractivity contribution < 1.29 is 19.2 Å². The van der Waals surface area contributed by atoms with Crippen LogP contribution in [0.15, 0.2) is 42.5 Å². The van der Waals surface area contributed by atoms with Crippen molar-refractivity contribution in [3.63, 3.8) is 0 Å². The van der Waals surface area contributed by atoms with Gasteiger partial charge >= 0.3 is 7.12 Å². The van der Waals surface area contributed by atoms with Crippen LogP contribution < -0.4 is 10.4 Å². The van der Waals surface area contributed by atoms with Crippen LogP contribution in [0.3, 0.4) is 0 Å². The molecule has 2 aromatic carbocycles. The largest absolute Gasteiger partial charge is 0.494 e. The number of aliphatic hydroxyl groups excluding tert-OH is 1. The Labute approximate surface area is 183 Å². The molecule has 1 fully saturated rings. The van der Waals surface area contributed by atoms with Gasteiger partial charge in [-0.05, 0) is 62.8 Å². The summed E-state index contributed by atoms with van der Waals surface area (Å²) in [5.41, 5.74) is 2.70. The standard InChI is InChI=1S/C23H27BClNO4/c1-22(2)23(3,4)30-24(29-22)17-9-10-20-16(11-17)12-18(14-27)26(20)21(28)13-15-7-5-6-8-19(15)25/h5-11,18,27H,12-14H2,1-4H3. The van der Waals surface area contributed by atoms with Gasteiger partial charge in [-0.1, -0.05) is 41.9 Å². The van der Waals surface area contributed by atoms with E-state index in [-0.39, 0.29) is 25.0 Å². The Bertz CT molecular complexity index is 961. The van der Waals surface area contributed by atoms with Crippen LogP contribution in [0.2, 0.25) is 5.02 Å². The van der Waals surface area contributed by atoms with Crippen LogP contribution >= 0.6 is 11.6 Å². The number of carbonyl (C=O) groups is 1. The maximum absolute atomic E-state index is 13.1. The molecule has 0 aromatic heterocycles. The Balaban J connectivity index is 1.60. The third-order valence-electron chi connectivity index (χ3n) is 6.49. The Kier molecular flexibility index (Phi) is 5.48. The predicted octanol–water partition coefficient (Wildman–Crippen LogP) is 3.13. The summed E-state index contributed by atoms with van der Waals surface area (Å²) in [6, 6.07) is 13.0. The first-order valence-electron chi connectivity index (χ1n) is 10.3. The first-order chi connectivity index (χ1) is 14.1. The molecule has 1 amide bonds. The molecule has 0 aliphatic carbocycles. The van der Waals surface area contributed by atoms with Crippen LogP contribution in [0, 0.1) is 0 Å². The normalized spacial score (nSPS) is 21.7. The maximum atomic E-state index is 13.1. The van der Waals surface area contributed by atoms with Gasteiger partial charge in [0.2, 0.25) is 5.91 Å². The highest BCUT2D eigenvalue weighted by Gasteiger charge is 2.52. The Morgan fingerprint density at radius 2 is 1.83 bits per heavy atom. The number of aliphatic hydroxyl groups is 1. The van der Waals surface area contributed by atoms with Crippen LogP contribution in [0.4, 0.5) is 5.69 Å². The maximum Gasteiger partial charge on any atom is 0.494 e. The van der Waals surface area contributed by atoms with E-state index >= 15 is 0 Å². The molecule has 5 nitrogen and oxygen atoms in total. The molecule has 4 rings (SSSR count). The fourth-order valence-corrected chi connectivity index (χ4v) is 4.25. The molecule has 158 valence electrons. The lowest BCUT2D eigenvalue weighted by Crippen LogP contribution is -2.41. The van der Waals surface area contributed by atoms with Crippen molar-refractivity contribution in [3.05, 3.63) is 58.6 Å². The molecule has 2 heterocycles. The van der Waals surface area contributed by atoms with E-state index in [2.05, 4.69) is 0 Å². The Hall–Kier alpha value is -1.86. The molecule has 0 bridgehead atoms. The van der Waals surface area contributed by atoms with Crippen molar-refractivity contribution in [1.82, 2.24) is 0 Å². The van der Waals surface area contributed by atoms with Gasteiger partial charge < -0.3 is 19.3 Å². The number of hydrogen-bond acceptors (Lipinski definition) is 4. The summed E-state index contributed by atoms with van der Waals surface area (Å²) in [5, 5.41) is 10.5. The summed E-state index contributed by atoms with van der Waals surface area (Å²) in [5.74, 6) is -0.0794. The molecule has 1 saturated heterocycles. The van der Waals surface area contributed by atoms with Gasteiger partial charge in [0, 0.05) is 10.7 Å². The summed E-state index contributed by atoms with van der Waals surface area (Å²) in [6.07, 6.45) is 0.780. The summed E-state index contributed by atoms with van der Waals surface area (Å²) < 4.78 is 12.3. The van der Waals surface area contributed by atoms with E-state index in [4.69, 9.17) is 20.9 Å². The fourth-order valence-electron chi connectivity index (χ4n) is 4.05. The highest BCUT2D eigenvalue weighted by Crippen LogP contribution is 2.38. The lowest BCUT2D eigenvalue weighted by atomic mass is 9.78. The van der Waals surface area contributed by atoms with E-state index in [0.717, 1.165) is 22.3 Å². The lowest BCUT2D eigenvalue weighted by molar-refractivity contribution is -0.118. The smallest absolute Gasteiger partial charge is 0.399 e. The van der Waals surface area contributed by atoms with Crippen molar-refractivity contribution in [2.45, 2.75) is 57.8 Å². The zero-order valence-electron chi connectivity index (χ0n) is 17.8. The van der Waals surface area contributed by atoms with Crippen LogP contribution in [0.5, 0.6) is 0 Å². The molecular weight excluding hydrogens is 401 g/mol. The molecule has 2 aliphatic rings. The highest BCUT2D eigenvalue weighted by atomic mass is 35.5. The molecule has 7 heteroatoms. The van der Waals surface area contributed by atoms with Gasteiger partial charge in [0.15, 0.2) is 0 Å². The highest BCUT2D eigenvalue weighted by molar-refractivity contribution is 6.62. The number of rotatable bonds is 4. The Morgan fingerprint density at radius 1 is 1.17 bits per heavy atom. The van der Waals surface area contributed by atoms with E-state index in [0.29, 0.717) is 11.4 Å². The number of benzene rings is 2. The van der Waals surface area contributed by atoms with Gasteiger partial charge in [-0.2, -0.15) is 0 Å². The first-order valence-corrected chi connectivity index (χ1v) is 10.7. The molecule has 1 atom stereocenters. The molecule has 2 aromatic rings. The molecule has 0 spiro atoms. The number of amides is 1. The van der Waals surface area contributed by atoms with Gasteiger partial charge in [-0.3, -0.25) is 4.79 Å². The predicted molar refractivity (Wildman–Crippen MR) is 119 cm³/mol. The Morgan fingerprint density at radius 3 is 2.47 bits per heavy atom. The molecule has 2 aliphatic heterocycles. The average Bonchev–Trinajstić information content (AvgIpc) is 3.16. The summed E-state index contributed by atoms with van der Waals surface area (Å²) in [4.78, 5) is 14.8. The number of carbonyl (C=O) groups excluding carboxylic acids is 1. The quantitative estimate of drug-likeness (QED) is 0.762. The van der Waals surface area contributed by atoms with E-state index in [1.165, 1.54) is 0 Å². The summed E-state index contributed by atoms with van der Waals surface area (Å²) >= 11 is 6.24. The third kappa shape index (κ3) is 3.67. The van der Waals surface area contributed by atoms with E-state index in [1.807, 2.05) is 64.1 Å². The second-order valence-corrected chi connectivity index (χ2v) is 9.46. The van der Waals surface area contributed by atoms with Crippen molar-refractivity contribution in [1.29, 1.82) is 0 Å². The van der Waals surface area contributed by atoms with Crippen molar-refractivity contribution >= 4 is 35.8 Å². The topological polar surface area (TPSA) is 59.0 Å². The van der Waals surface area contributed by atoms with Gasteiger partial charge in [0.25, 0.3) is 0 Å². The summed E-state index contributed by atoms with van der Waals surface area (Å²) in [6.45, 7) is 8.00. The molecule has 1 N–H and O–H groups in total. The second kappa shape index (κ2) is 7.68. The molecule has 30 heavy (non-hydrogen) atoms. The summed E-state index contributed by atoms with van der Waals surface area (Å²) in [7, 11) is -0.458.